The van der Waals surface area contributed by atoms with Gasteiger partial charge >= 0.3 is 5.97 Å². The van der Waals surface area contributed by atoms with Crippen LogP contribution in [0.25, 0.3) is 0 Å². The molecule has 0 saturated carbocycles. The van der Waals surface area contributed by atoms with E-state index < -0.39 is 5.97 Å². The van der Waals surface area contributed by atoms with Gasteiger partial charge in [0.1, 0.15) is 5.69 Å². The van der Waals surface area contributed by atoms with E-state index in [1.54, 1.807) is 29.9 Å². The first-order valence-electron chi connectivity index (χ1n) is 8.33. The molecule has 2 aromatic carbocycles. The summed E-state index contributed by atoms with van der Waals surface area (Å²) in [4.78, 5) is 24.4. The summed E-state index contributed by atoms with van der Waals surface area (Å²) in [5.74, 6) is -0.881. The smallest absolute Gasteiger partial charge is 0.355 e. The molecule has 26 heavy (non-hydrogen) atoms. The van der Waals surface area contributed by atoms with Crippen molar-refractivity contribution in [3.8, 4) is 0 Å². The van der Waals surface area contributed by atoms with Crippen molar-refractivity contribution in [2.45, 2.75) is 6.04 Å². The Bertz CT molecular complexity index is 833. The number of amides is 1. The second kappa shape index (κ2) is 8.16. The molecule has 0 unspecified atom stereocenters. The molecule has 1 N–H and O–H groups in total. The van der Waals surface area contributed by atoms with E-state index in [1.165, 1.54) is 0 Å². The summed E-state index contributed by atoms with van der Waals surface area (Å²) in [6.45, 7) is -0.333. The number of rotatable bonds is 6. The Morgan fingerprint density at radius 3 is 2.00 bits per heavy atom. The van der Waals surface area contributed by atoms with Crippen molar-refractivity contribution in [3.05, 3.63) is 95.8 Å². The minimum Gasteiger partial charge on any atom is -0.451 e. The molecule has 3 aromatic rings. The Labute approximate surface area is 152 Å². The van der Waals surface area contributed by atoms with Crippen LogP contribution in [0.2, 0.25) is 0 Å². The fourth-order valence-electron chi connectivity index (χ4n) is 2.73. The van der Waals surface area contributed by atoms with E-state index in [2.05, 4.69) is 5.32 Å². The van der Waals surface area contributed by atoms with Crippen molar-refractivity contribution in [1.29, 1.82) is 0 Å². The highest BCUT2D eigenvalue weighted by Crippen LogP contribution is 2.21. The number of carbonyl (C=O) groups is 2. The van der Waals surface area contributed by atoms with Gasteiger partial charge in [-0.1, -0.05) is 60.7 Å². The minimum atomic E-state index is -0.524. The van der Waals surface area contributed by atoms with Crippen LogP contribution in [-0.2, 0) is 16.6 Å². The van der Waals surface area contributed by atoms with Crippen molar-refractivity contribution in [2.75, 3.05) is 6.61 Å². The highest BCUT2D eigenvalue weighted by atomic mass is 16.5. The van der Waals surface area contributed by atoms with Gasteiger partial charge in [0.2, 0.25) is 0 Å². The predicted molar refractivity (Wildman–Crippen MR) is 98.6 cm³/mol. The third-order valence-electron chi connectivity index (χ3n) is 4.06. The highest BCUT2D eigenvalue weighted by Gasteiger charge is 2.18. The fraction of sp³-hybridized carbons (Fsp3) is 0.143. The highest BCUT2D eigenvalue weighted by molar-refractivity contribution is 5.90. The van der Waals surface area contributed by atoms with Gasteiger partial charge in [-0.15, -0.1) is 0 Å². The van der Waals surface area contributed by atoms with Crippen LogP contribution >= 0.6 is 0 Å². The molecule has 5 heteroatoms. The maximum absolute atomic E-state index is 12.4. The molecule has 0 atom stereocenters. The first kappa shape index (κ1) is 17.5. The van der Waals surface area contributed by atoms with Crippen molar-refractivity contribution in [1.82, 2.24) is 9.88 Å². The van der Waals surface area contributed by atoms with Crippen molar-refractivity contribution in [2.24, 2.45) is 7.05 Å². The van der Waals surface area contributed by atoms with E-state index in [0.29, 0.717) is 5.69 Å². The Hall–Kier alpha value is -3.34. The number of hydrogen-bond donors (Lipinski definition) is 1. The molecular formula is C21H20N2O3. The average molecular weight is 348 g/mol. The SMILES string of the molecule is Cn1cccc1C(=O)OCC(=O)NC(c1ccccc1)c1ccccc1. The van der Waals surface area contributed by atoms with Gasteiger partial charge in [0.25, 0.3) is 5.91 Å². The summed E-state index contributed by atoms with van der Waals surface area (Å²) in [6.07, 6.45) is 1.75. The number of hydrogen-bond acceptors (Lipinski definition) is 3. The first-order valence-corrected chi connectivity index (χ1v) is 8.33. The zero-order valence-electron chi connectivity index (χ0n) is 14.5. The largest absolute Gasteiger partial charge is 0.451 e. The van der Waals surface area contributed by atoms with Crippen LogP contribution in [0.15, 0.2) is 79.0 Å². The van der Waals surface area contributed by atoms with E-state index >= 15 is 0 Å². The minimum absolute atomic E-state index is 0.307. The molecule has 1 heterocycles. The topological polar surface area (TPSA) is 60.3 Å². The number of carbonyl (C=O) groups excluding carboxylic acids is 2. The molecule has 0 fully saturated rings. The van der Waals surface area contributed by atoms with Crippen LogP contribution in [0, 0.1) is 0 Å². The molecule has 0 aliphatic carbocycles. The van der Waals surface area contributed by atoms with Gasteiger partial charge in [0, 0.05) is 13.2 Å². The average Bonchev–Trinajstić information content (AvgIpc) is 3.11. The summed E-state index contributed by atoms with van der Waals surface area (Å²) < 4.78 is 6.78. The molecule has 0 radical (unpaired) electrons. The summed E-state index contributed by atoms with van der Waals surface area (Å²) >= 11 is 0. The van der Waals surface area contributed by atoms with Crippen LogP contribution < -0.4 is 5.32 Å². The van der Waals surface area contributed by atoms with Crippen LogP contribution in [-0.4, -0.2) is 23.1 Å². The van der Waals surface area contributed by atoms with E-state index in [9.17, 15) is 9.59 Å². The number of aromatic nitrogens is 1. The molecule has 3 rings (SSSR count). The molecule has 0 aliphatic rings. The van der Waals surface area contributed by atoms with Crippen LogP contribution in [0.3, 0.4) is 0 Å². The quantitative estimate of drug-likeness (QED) is 0.697. The van der Waals surface area contributed by atoms with Crippen molar-refractivity contribution in [3.63, 3.8) is 0 Å². The Morgan fingerprint density at radius 2 is 1.50 bits per heavy atom. The third-order valence-corrected chi connectivity index (χ3v) is 4.06. The summed E-state index contributed by atoms with van der Waals surface area (Å²) in [5.41, 5.74) is 2.32. The van der Waals surface area contributed by atoms with Crippen LogP contribution in [0.1, 0.15) is 27.7 Å². The maximum Gasteiger partial charge on any atom is 0.355 e. The number of aryl methyl sites for hydroxylation is 1. The lowest BCUT2D eigenvalue weighted by atomic mass is 9.99. The zero-order chi connectivity index (χ0) is 18.4. The van der Waals surface area contributed by atoms with Gasteiger partial charge in [-0.05, 0) is 23.3 Å². The number of esters is 1. The molecule has 0 saturated heterocycles. The Kier molecular flexibility index (Phi) is 5.49. The lowest BCUT2D eigenvalue weighted by molar-refractivity contribution is -0.124. The van der Waals surface area contributed by atoms with E-state index in [4.69, 9.17) is 4.74 Å². The summed E-state index contributed by atoms with van der Waals surface area (Å²) in [7, 11) is 1.75. The molecule has 1 aromatic heterocycles. The Balaban J connectivity index is 1.68. The monoisotopic (exact) mass is 348 g/mol. The second-order valence-corrected chi connectivity index (χ2v) is 5.90. The normalized spacial score (nSPS) is 10.5. The van der Waals surface area contributed by atoms with Gasteiger partial charge in [-0.3, -0.25) is 4.79 Å². The summed E-state index contributed by atoms with van der Waals surface area (Å²) in [5, 5.41) is 2.94. The standard InChI is InChI=1S/C21H20N2O3/c1-23-14-8-13-18(23)21(25)26-15-19(24)22-20(16-9-4-2-5-10-16)17-11-6-3-7-12-17/h2-14,20H,15H2,1H3,(H,22,24). The number of benzene rings is 2. The van der Waals surface area contributed by atoms with Gasteiger partial charge in [-0.2, -0.15) is 0 Å². The van der Waals surface area contributed by atoms with Crippen LogP contribution in [0.4, 0.5) is 0 Å². The first-order chi connectivity index (χ1) is 12.6. The van der Waals surface area contributed by atoms with Gasteiger partial charge < -0.3 is 14.6 Å². The number of nitrogens with zero attached hydrogens (tertiary/aromatic N) is 1. The third kappa shape index (κ3) is 4.19. The summed E-state index contributed by atoms with van der Waals surface area (Å²) in [6, 6.07) is 22.4. The van der Waals surface area contributed by atoms with E-state index in [-0.39, 0.29) is 18.6 Å². The molecule has 0 aliphatic heterocycles. The fourth-order valence-corrected chi connectivity index (χ4v) is 2.73. The number of ether oxygens (including phenoxy) is 1. The number of nitrogens with one attached hydrogen (secondary N) is 1. The van der Waals surface area contributed by atoms with Crippen molar-refractivity contribution >= 4 is 11.9 Å². The molecule has 132 valence electrons. The van der Waals surface area contributed by atoms with E-state index in [0.717, 1.165) is 11.1 Å². The Morgan fingerprint density at radius 1 is 0.923 bits per heavy atom. The molecule has 0 spiro atoms. The lowest BCUT2D eigenvalue weighted by Crippen LogP contribution is -2.33. The second-order valence-electron chi connectivity index (χ2n) is 5.90. The molecular weight excluding hydrogens is 328 g/mol. The molecule has 0 bridgehead atoms. The molecule has 1 amide bonds. The van der Waals surface area contributed by atoms with Gasteiger partial charge in [0.15, 0.2) is 6.61 Å². The van der Waals surface area contributed by atoms with Gasteiger partial charge in [0.05, 0.1) is 6.04 Å². The van der Waals surface area contributed by atoms with Crippen molar-refractivity contribution < 1.29 is 14.3 Å². The van der Waals surface area contributed by atoms with E-state index in [1.807, 2.05) is 60.7 Å². The predicted octanol–water partition coefficient (Wildman–Crippen LogP) is 3.09. The van der Waals surface area contributed by atoms with Gasteiger partial charge in [-0.25, -0.2) is 4.79 Å². The zero-order valence-corrected chi connectivity index (χ0v) is 14.5. The molecule has 5 nitrogen and oxygen atoms in total. The lowest BCUT2D eigenvalue weighted by Gasteiger charge is -2.20. The van der Waals surface area contributed by atoms with Crippen LogP contribution in [0.5, 0.6) is 0 Å². The maximum atomic E-state index is 12.4.